The van der Waals surface area contributed by atoms with E-state index in [1.807, 2.05) is 36.4 Å². The van der Waals surface area contributed by atoms with Crippen LogP contribution in [-0.2, 0) is 15.6 Å². The molecule has 4 aromatic rings. The van der Waals surface area contributed by atoms with E-state index in [-0.39, 0.29) is 7.25 Å². The second-order valence-electron chi connectivity index (χ2n) is 12.2. The van der Waals surface area contributed by atoms with Crippen LogP contribution in [0.5, 0.6) is 0 Å². The third-order valence-corrected chi connectivity index (χ3v) is 63.3. The minimum absolute atomic E-state index is 0.00587. The average Bonchev–Trinajstić information content (AvgIpc) is 3.60. The van der Waals surface area contributed by atoms with Crippen molar-refractivity contribution in [1.29, 1.82) is 0 Å². The predicted octanol–water partition coefficient (Wildman–Crippen LogP) is 14.0. The Bertz CT molecular complexity index is 1750. The molecule has 2 atom stereocenters. The maximum absolute atomic E-state index is 8.52. The van der Waals surface area contributed by atoms with Gasteiger partial charge in [0.05, 0.1) is 0 Å². The molecule has 6 rings (SSSR count). The number of hydrogen-bond acceptors (Lipinski definition) is 0. The number of hydrogen-bond donors (Lipinski definition) is 0. The van der Waals surface area contributed by atoms with Crippen LogP contribution in [0, 0.1) is 0 Å². The Morgan fingerprint density at radius 1 is 0.568 bits per heavy atom. The minimum atomic E-state index is -4.89. The van der Waals surface area contributed by atoms with E-state index in [1.54, 1.807) is 0 Å². The fourth-order valence-corrected chi connectivity index (χ4v) is 40.2. The maximum atomic E-state index is 8.52. The summed E-state index contributed by atoms with van der Waals surface area (Å²) in [5.41, 5.74) is 11.4. The Kier molecular flexibility index (Phi) is 9.28. The van der Waals surface area contributed by atoms with Crippen molar-refractivity contribution in [3.8, 4) is 22.3 Å². The molecule has 0 N–H and O–H groups in total. The molecule has 0 radical (unpaired) electrons. The number of rotatable bonds is 7. The molecule has 2 aliphatic carbocycles. The van der Waals surface area contributed by atoms with Gasteiger partial charge in [0.2, 0.25) is 0 Å². The molecule has 8 heteroatoms. The van der Waals surface area contributed by atoms with Crippen LogP contribution < -0.4 is 0 Å². The molecule has 0 saturated carbocycles. The van der Waals surface area contributed by atoms with Gasteiger partial charge in [-0.05, 0) is 0 Å². The first kappa shape index (κ1) is 33.1. The van der Waals surface area contributed by atoms with Crippen molar-refractivity contribution in [2.75, 3.05) is 0 Å². The molecular formula is C36H33Cl6SiZr. The molecule has 0 aliphatic heterocycles. The number of halogens is 6. The van der Waals surface area contributed by atoms with E-state index >= 15 is 0 Å². The average molecular weight is 798 g/mol. The van der Waals surface area contributed by atoms with Crippen LogP contribution in [0.15, 0.2) is 83.9 Å². The Balaban J connectivity index is 1.60. The zero-order valence-corrected chi connectivity index (χ0v) is 33.1. The first-order chi connectivity index (χ1) is 20.9. The molecule has 0 amide bonds. The first-order valence-electron chi connectivity index (χ1n) is 15.1. The molecule has 4 aromatic carbocycles. The van der Waals surface area contributed by atoms with E-state index < -0.39 is 21.5 Å². The van der Waals surface area contributed by atoms with Crippen LogP contribution in [0.3, 0.4) is 0 Å². The summed E-state index contributed by atoms with van der Waals surface area (Å²) >= 11 is 21.6. The van der Waals surface area contributed by atoms with Gasteiger partial charge in [0.25, 0.3) is 0 Å². The van der Waals surface area contributed by atoms with Gasteiger partial charge >= 0.3 is 293 Å². The second-order valence-corrected chi connectivity index (χ2v) is 56.3. The van der Waals surface area contributed by atoms with Gasteiger partial charge in [0, 0.05) is 0 Å². The summed E-state index contributed by atoms with van der Waals surface area (Å²) in [7, 11) is 17.0. The van der Waals surface area contributed by atoms with Gasteiger partial charge in [-0.3, -0.25) is 0 Å². The summed E-state index contributed by atoms with van der Waals surface area (Å²) in [5, 5.41) is 2.21. The van der Waals surface area contributed by atoms with Crippen molar-refractivity contribution in [1.82, 2.24) is 0 Å². The molecule has 0 bridgehead atoms. The van der Waals surface area contributed by atoms with Crippen LogP contribution in [0.25, 0.3) is 34.4 Å². The summed E-state index contributed by atoms with van der Waals surface area (Å²) in [6.45, 7) is 9.19. The van der Waals surface area contributed by atoms with E-state index in [0.29, 0.717) is 20.1 Å². The second kappa shape index (κ2) is 12.3. The summed E-state index contributed by atoms with van der Waals surface area (Å²) in [6.07, 6.45) is 6.42. The summed E-state index contributed by atoms with van der Waals surface area (Å²) < 4.78 is -0.0117. The van der Waals surface area contributed by atoms with Gasteiger partial charge in [0.15, 0.2) is 0 Å². The quantitative estimate of drug-likeness (QED) is 0.163. The molecule has 0 aromatic heterocycles. The molecule has 227 valence electrons. The number of fused-ring (bicyclic) bond motifs is 2. The summed E-state index contributed by atoms with van der Waals surface area (Å²) in [6, 6.07) is 24.6. The molecule has 2 unspecified atom stereocenters. The molecule has 2 aliphatic rings. The number of benzene rings is 4. The van der Waals surface area contributed by atoms with Crippen molar-refractivity contribution in [2.24, 2.45) is 0 Å². The Hall–Kier alpha value is -0.800. The molecule has 0 saturated heterocycles. The molecule has 44 heavy (non-hydrogen) atoms. The topological polar surface area (TPSA) is 0 Å². The molecular weight excluding hydrogens is 764 g/mol. The van der Waals surface area contributed by atoms with Crippen LogP contribution in [0.2, 0.25) is 33.2 Å². The van der Waals surface area contributed by atoms with Crippen LogP contribution in [0.4, 0.5) is 0 Å². The molecule has 0 spiro atoms. The van der Waals surface area contributed by atoms with Gasteiger partial charge in [-0.25, -0.2) is 0 Å². The third kappa shape index (κ3) is 5.02. The van der Waals surface area contributed by atoms with E-state index in [4.69, 9.17) is 63.4 Å². The zero-order valence-electron chi connectivity index (χ0n) is 25.0. The Morgan fingerprint density at radius 2 is 0.932 bits per heavy atom. The van der Waals surface area contributed by atoms with Gasteiger partial charge in [-0.1, -0.05) is 0 Å². The van der Waals surface area contributed by atoms with Crippen LogP contribution >= 0.6 is 63.4 Å². The molecule has 0 heterocycles. The van der Waals surface area contributed by atoms with E-state index in [0.717, 1.165) is 46.2 Å². The van der Waals surface area contributed by atoms with Crippen molar-refractivity contribution in [2.45, 2.75) is 47.0 Å². The SMILES string of the molecule is CCC1=Cc2c(-c3cccc(Cl)c3Cl)cccc2[CH]1[Zr]([Cl])([Cl])([CH]1C(CC)=Cc2c(-c3cccc(Cl)c3Cl)cccc21)[SiH](C)C. The van der Waals surface area contributed by atoms with Crippen LogP contribution in [0.1, 0.15) is 56.2 Å². The molecule has 0 fully saturated rings. The van der Waals surface area contributed by atoms with Crippen molar-refractivity contribution in [3.63, 3.8) is 0 Å². The third-order valence-electron chi connectivity index (χ3n) is 9.81. The van der Waals surface area contributed by atoms with Crippen LogP contribution in [-0.4, -0.2) is 5.92 Å². The van der Waals surface area contributed by atoms with E-state index in [1.165, 1.54) is 22.3 Å². The van der Waals surface area contributed by atoms with E-state index in [2.05, 4.69) is 75.5 Å². The normalized spacial score (nSPS) is 18.5. The molecule has 0 nitrogen and oxygen atoms in total. The summed E-state index contributed by atoms with van der Waals surface area (Å²) in [4.78, 5) is 0. The van der Waals surface area contributed by atoms with Gasteiger partial charge < -0.3 is 0 Å². The Labute approximate surface area is 289 Å². The fraction of sp³-hybridized carbons (Fsp3) is 0.222. The van der Waals surface area contributed by atoms with E-state index in [9.17, 15) is 0 Å². The van der Waals surface area contributed by atoms with Crippen molar-refractivity contribution in [3.05, 3.63) is 126 Å². The Morgan fingerprint density at radius 3 is 1.30 bits per heavy atom. The zero-order chi connectivity index (χ0) is 31.6. The fourth-order valence-electron chi connectivity index (χ4n) is 7.57. The first-order valence-corrected chi connectivity index (χ1v) is 32.9. The van der Waals surface area contributed by atoms with Gasteiger partial charge in [-0.15, -0.1) is 0 Å². The standard InChI is InChI=1S/2C17H13Cl2.C2H7Si.2ClH.Zr/c2*1-2-11-9-12-5-3-6-13(15(12)10-11)14-7-4-8-16(18)17(14)19;1-3-2;;;/h2*3-10H,2H2,1H3;3H,1-2H3;2*1H;/q;;;;;+2/p-2. The predicted molar refractivity (Wildman–Crippen MR) is 196 cm³/mol. The van der Waals surface area contributed by atoms with Crippen molar-refractivity contribution >= 4 is 81.5 Å². The number of allylic oxidation sites excluding steroid dienone is 2. The van der Waals surface area contributed by atoms with Crippen molar-refractivity contribution < 1.29 is 15.6 Å². The summed E-state index contributed by atoms with van der Waals surface area (Å²) in [5.74, 6) is -1.69. The van der Waals surface area contributed by atoms with Gasteiger partial charge in [0.1, 0.15) is 0 Å². The monoisotopic (exact) mass is 793 g/mol. The van der Waals surface area contributed by atoms with Gasteiger partial charge in [-0.2, -0.15) is 0 Å².